The summed E-state index contributed by atoms with van der Waals surface area (Å²) >= 11 is 9.30. The molecule has 2 N–H and O–H groups in total. The van der Waals surface area contributed by atoms with E-state index in [2.05, 4.69) is 21.2 Å². The van der Waals surface area contributed by atoms with Crippen molar-refractivity contribution in [3.8, 4) is 0 Å². The maximum Gasteiger partial charge on any atom is 0.303 e. The smallest absolute Gasteiger partial charge is 0.303 e. The maximum absolute atomic E-state index is 10.5. The van der Waals surface area contributed by atoms with Gasteiger partial charge in [-0.3, -0.25) is 9.59 Å². The molecule has 1 rings (SSSR count). The van der Waals surface area contributed by atoms with Crippen molar-refractivity contribution < 1.29 is 14.7 Å². The van der Waals surface area contributed by atoms with Crippen molar-refractivity contribution in [2.45, 2.75) is 25.3 Å². The zero-order valence-electron chi connectivity index (χ0n) is 9.53. The van der Waals surface area contributed by atoms with Gasteiger partial charge >= 0.3 is 5.97 Å². The molecule has 0 saturated heterocycles. The lowest BCUT2D eigenvalue weighted by molar-refractivity contribution is -0.137. The zero-order chi connectivity index (χ0) is 13.5. The van der Waals surface area contributed by atoms with Gasteiger partial charge in [0.15, 0.2) is 0 Å². The Bertz CT molecular complexity index is 439. The number of benzene rings is 1. The van der Waals surface area contributed by atoms with Gasteiger partial charge in [-0.05, 0) is 36.6 Å². The van der Waals surface area contributed by atoms with Gasteiger partial charge in [-0.1, -0.05) is 27.5 Å². The van der Waals surface area contributed by atoms with E-state index in [9.17, 15) is 9.59 Å². The van der Waals surface area contributed by atoms with Gasteiger partial charge in [-0.25, -0.2) is 0 Å². The van der Waals surface area contributed by atoms with Gasteiger partial charge in [0.2, 0.25) is 6.41 Å². The number of carboxylic acids is 1. The number of aliphatic carboxylic acids is 1. The highest BCUT2D eigenvalue weighted by Crippen LogP contribution is 2.23. The fraction of sp³-hybridized carbons (Fsp3) is 0.333. The van der Waals surface area contributed by atoms with Crippen molar-refractivity contribution in [1.82, 2.24) is 5.32 Å². The van der Waals surface area contributed by atoms with Crippen LogP contribution >= 0.6 is 27.5 Å². The number of amides is 1. The van der Waals surface area contributed by atoms with E-state index in [0.717, 1.165) is 10.0 Å². The highest BCUT2D eigenvalue weighted by molar-refractivity contribution is 9.10. The van der Waals surface area contributed by atoms with Crippen molar-refractivity contribution in [2.75, 3.05) is 0 Å². The summed E-state index contributed by atoms with van der Waals surface area (Å²) in [5.74, 6) is -0.877. The molecule has 0 fully saturated rings. The molecule has 0 saturated carbocycles. The SMILES string of the molecule is O=CNC(CCC(=O)O)Cc1cc(Cl)ccc1Br. The topological polar surface area (TPSA) is 66.4 Å². The normalized spacial score (nSPS) is 11.9. The fourth-order valence-electron chi connectivity index (χ4n) is 1.60. The fourth-order valence-corrected chi connectivity index (χ4v) is 2.21. The molecular formula is C12H13BrClNO3. The zero-order valence-corrected chi connectivity index (χ0v) is 11.9. The number of carboxylic acid groups (broad SMARTS) is 1. The average Bonchev–Trinajstić information content (AvgIpc) is 2.31. The Labute approximate surface area is 118 Å². The van der Waals surface area contributed by atoms with Crippen molar-refractivity contribution in [3.05, 3.63) is 33.3 Å². The molecule has 1 unspecified atom stereocenters. The molecule has 0 aliphatic rings. The molecule has 6 heteroatoms. The number of halogens is 2. The van der Waals surface area contributed by atoms with Crippen LogP contribution in [0.1, 0.15) is 18.4 Å². The van der Waals surface area contributed by atoms with E-state index in [1.54, 1.807) is 12.1 Å². The summed E-state index contributed by atoms with van der Waals surface area (Å²) in [5, 5.41) is 11.9. The number of carbonyl (C=O) groups is 2. The highest BCUT2D eigenvalue weighted by Gasteiger charge is 2.13. The summed E-state index contributed by atoms with van der Waals surface area (Å²) in [6.45, 7) is 0. The second-order valence-electron chi connectivity index (χ2n) is 3.85. The third kappa shape index (κ3) is 5.06. The Balaban J connectivity index is 2.72. The molecule has 1 aromatic rings. The number of rotatable bonds is 7. The lowest BCUT2D eigenvalue weighted by Gasteiger charge is -2.16. The van der Waals surface area contributed by atoms with E-state index in [4.69, 9.17) is 16.7 Å². The quantitative estimate of drug-likeness (QED) is 0.753. The maximum atomic E-state index is 10.5. The summed E-state index contributed by atoms with van der Waals surface area (Å²) in [6, 6.07) is 5.17. The van der Waals surface area contributed by atoms with E-state index in [0.29, 0.717) is 24.3 Å². The van der Waals surface area contributed by atoms with E-state index in [1.165, 1.54) is 0 Å². The van der Waals surface area contributed by atoms with Crippen LogP contribution in [-0.2, 0) is 16.0 Å². The van der Waals surface area contributed by atoms with Crippen molar-refractivity contribution in [1.29, 1.82) is 0 Å². The first-order chi connectivity index (χ1) is 8.52. The van der Waals surface area contributed by atoms with E-state index in [1.807, 2.05) is 6.07 Å². The minimum atomic E-state index is -0.877. The van der Waals surface area contributed by atoms with Crippen LogP contribution in [0.3, 0.4) is 0 Å². The number of hydrogen-bond donors (Lipinski definition) is 2. The molecule has 0 aliphatic heterocycles. The van der Waals surface area contributed by atoms with Crippen LogP contribution in [0, 0.1) is 0 Å². The molecule has 18 heavy (non-hydrogen) atoms. The van der Waals surface area contributed by atoms with Gasteiger partial charge in [0.1, 0.15) is 0 Å². The van der Waals surface area contributed by atoms with Gasteiger partial charge in [0, 0.05) is 22.0 Å². The van der Waals surface area contributed by atoms with Crippen LogP contribution in [0.2, 0.25) is 5.02 Å². The van der Waals surface area contributed by atoms with Gasteiger partial charge in [0.05, 0.1) is 0 Å². The lowest BCUT2D eigenvalue weighted by Crippen LogP contribution is -2.30. The van der Waals surface area contributed by atoms with Crippen LogP contribution in [0.15, 0.2) is 22.7 Å². The molecule has 0 bridgehead atoms. The molecule has 0 radical (unpaired) electrons. The minimum Gasteiger partial charge on any atom is -0.481 e. The number of carbonyl (C=O) groups excluding carboxylic acids is 1. The summed E-state index contributed by atoms with van der Waals surface area (Å²) in [4.78, 5) is 21.0. The Morgan fingerprint density at radius 3 is 2.89 bits per heavy atom. The molecule has 0 aliphatic carbocycles. The Kier molecular flexibility index (Phi) is 6.15. The largest absolute Gasteiger partial charge is 0.481 e. The summed E-state index contributed by atoms with van der Waals surface area (Å²) in [5.41, 5.74) is 0.937. The molecule has 0 heterocycles. The third-order valence-electron chi connectivity index (χ3n) is 2.48. The highest BCUT2D eigenvalue weighted by atomic mass is 79.9. The van der Waals surface area contributed by atoms with E-state index < -0.39 is 5.97 Å². The van der Waals surface area contributed by atoms with Crippen LogP contribution in [0.25, 0.3) is 0 Å². The first kappa shape index (κ1) is 15.0. The monoisotopic (exact) mass is 333 g/mol. The minimum absolute atomic E-state index is 0.0176. The van der Waals surface area contributed by atoms with Crippen LogP contribution in [0.4, 0.5) is 0 Å². The molecule has 1 atom stereocenters. The average molecular weight is 335 g/mol. The summed E-state index contributed by atoms with van der Waals surface area (Å²) < 4.78 is 0.889. The van der Waals surface area contributed by atoms with Crippen LogP contribution in [0.5, 0.6) is 0 Å². The molecule has 1 amide bonds. The van der Waals surface area contributed by atoms with Crippen LogP contribution in [-0.4, -0.2) is 23.5 Å². The second kappa shape index (κ2) is 7.38. The van der Waals surface area contributed by atoms with Gasteiger partial charge in [0.25, 0.3) is 0 Å². The molecule has 98 valence electrons. The van der Waals surface area contributed by atoms with Crippen molar-refractivity contribution >= 4 is 39.9 Å². The second-order valence-corrected chi connectivity index (χ2v) is 5.14. The molecular weight excluding hydrogens is 321 g/mol. The molecule has 4 nitrogen and oxygen atoms in total. The number of hydrogen-bond acceptors (Lipinski definition) is 2. The first-order valence-corrected chi connectivity index (χ1v) is 6.55. The number of nitrogens with one attached hydrogen (secondary N) is 1. The Hall–Kier alpha value is -1.07. The Morgan fingerprint density at radius 2 is 2.28 bits per heavy atom. The lowest BCUT2D eigenvalue weighted by atomic mass is 10.0. The van der Waals surface area contributed by atoms with Crippen molar-refractivity contribution in [3.63, 3.8) is 0 Å². The Morgan fingerprint density at radius 1 is 1.56 bits per heavy atom. The molecule has 0 spiro atoms. The van der Waals surface area contributed by atoms with Gasteiger partial charge in [-0.2, -0.15) is 0 Å². The first-order valence-electron chi connectivity index (χ1n) is 5.38. The predicted octanol–water partition coefficient (Wildman–Crippen LogP) is 2.62. The van der Waals surface area contributed by atoms with E-state index >= 15 is 0 Å². The third-order valence-corrected chi connectivity index (χ3v) is 3.49. The van der Waals surface area contributed by atoms with Crippen molar-refractivity contribution in [2.24, 2.45) is 0 Å². The van der Waals surface area contributed by atoms with E-state index in [-0.39, 0.29) is 12.5 Å². The molecule has 1 aromatic carbocycles. The standard InChI is InChI=1S/C12H13BrClNO3/c13-11-3-1-9(14)5-8(11)6-10(15-7-16)2-4-12(17)18/h1,3,5,7,10H,2,4,6H2,(H,15,16)(H,17,18). The van der Waals surface area contributed by atoms with Crippen LogP contribution < -0.4 is 5.32 Å². The van der Waals surface area contributed by atoms with Gasteiger partial charge < -0.3 is 10.4 Å². The van der Waals surface area contributed by atoms with Gasteiger partial charge in [-0.15, -0.1) is 0 Å². The summed E-state index contributed by atoms with van der Waals surface area (Å²) in [7, 11) is 0. The predicted molar refractivity (Wildman–Crippen MR) is 72.7 cm³/mol. The molecule has 0 aromatic heterocycles. The summed E-state index contributed by atoms with van der Waals surface area (Å²) in [6.07, 6.45) is 1.52.